The molecule has 0 aromatic rings. The van der Waals surface area contributed by atoms with Crippen LogP contribution in [-0.2, 0) is 14.3 Å². The van der Waals surface area contributed by atoms with Crippen LogP contribution in [0.5, 0.6) is 0 Å². The third-order valence-electron chi connectivity index (χ3n) is 5.02. The number of carbonyl (C=O) groups is 2. The molecule has 0 bridgehead atoms. The molecule has 2 unspecified atom stereocenters. The first-order chi connectivity index (χ1) is 11.9. The monoisotopic (exact) mass is 443 g/mol. The molecule has 9 heteroatoms. The van der Waals surface area contributed by atoms with Gasteiger partial charge in [0.05, 0.1) is 12.5 Å². The molecule has 150 valence electrons. The van der Waals surface area contributed by atoms with E-state index in [2.05, 4.69) is 34.3 Å². The van der Waals surface area contributed by atoms with Gasteiger partial charge in [0.15, 0.2) is 0 Å². The number of nitrogens with zero attached hydrogens (tertiary/aromatic N) is 1. The van der Waals surface area contributed by atoms with Crippen LogP contribution in [0, 0.1) is 11.8 Å². The fourth-order valence-electron chi connectivity index (χ4n) is 2.72. The second-order valence-corrected chi connectivity index (χ2v) is 12.9. The van der Waals surface area contributed by atoms with Crippen molar-refractivity contribution in [2.45, 2.75) is 55.4 Å². The summed E-state index contributed by atoms with van der Waals surface area (Å²) >= 11 is 16.5. The van der Waals surface area contributed by atoms with Crippen molar-refractivity contribution < 1.29 is 19.1 Å². The number of rotatable bonds is 9. The lowest BCUT2D eigenvalue weighted by molar-refractivity contribution is -0.148. The number of β-lactam (4-membered cyclic amide) rings is 1. The summed E-state index contributed by atoms with van der Waals surface area (Å²) in [5.41, 5.74) is 0. The van der Waals surface area contributed by atoms with Gasteiger partial charge < -0.3 is 14.0 Å². The molecule has 1 rings (SSSR count). The zero-order chi connectivity index (χ0) is 20.1. The van der Waals surface area contributed by atoms with Crippen LogP contribution in [0.4, 0.5) is 4.79 Å². The Labute approximate surface area is 173 Å². The summed E-state index contributed by atoms with van der Waals surface area (Å²) in [6.07, 6.45) is 2.13. The Morgan fingerprint density at radius 1 is 1.35 bits per heavy atom. The average molecular weight is 445 g/mol. The Hall–Kier alpha value is -0.433. The van der Waals surface area contributed by atoms with E-state index < -0.39 is 19.6 Å². The van der Waals surface area contributed by atoms with E-state index in [0.29, 0.717) is 12.3 Å². The lowest BCUT2D eigenvalue weighted by Gasteiger charge is -2.51. The second kappa shape index (κ2) is 9.67. The number of alkyl halides is 3. The Bertz CT molecular complexity index is 523. The first kappa shape index (κ1) is 23.6. The van der Waals surface area contributed by atoms with Crippen LogP contribution in [0.1, 0.15) is 40.5 Å². The molecule has 1 aliphatic rings. The van der Waals surface area contributed by atoms with Gasteiger partial charge >= 0.3 is 6.16 Å². The van der Waals surface area contributed by atoms with Crippen LogP contribution in [0.2, 0.25) is 5.04 Å². The highest BCUT2D eigenvalue weighted by Gasteiger charge is 2.47. The van der Waals surface area contributed by atoms with Gasteiger partial charge in [0.25, 0.3) is 0 Å². The minimum atomic E-state index is -1.67. The average Bonchev–Trinajstić information content (AvgIpc) is 2.52. The predicted molar refractivity (Wildman–Crippen MR) is 109 cm³/mol. The van der Waals surface area contributed by atoms with E-state index in [1.165, 1.54) is 0 Å². The molecule has 0 spiro atoms. The first-order valence-electron chi connectivity index (χ1n) is 8.66. The maximum absolute atomic E-state index is 12.6. The highest BCUT2D eigenvalue weighted by atomic mass is 35.6. The topological polar surface area (TPSA) is 55.8 Å². The van der Waals surface area contributed by atoms with Gasteiger partial charge in [-0.05, 0) is 23.8 Å². The summed E-state index contributed by atoms with van der Waals surface area (Å²) in [6, 6.07) is 0.144. The number of amides is 1. The summed E-state index contributed by atoms with van der Waals surface area (Å²) in [5, 5.41) is 0.164. The van der Waals surface area contributed by atoms with Gasteiger partial charge in [0, 0.05) is 6.04 Å². The van der Waals surface area contributed by atoms with E-state index in [1.807, 2.05) is 10.6 Å². The molecule has 5 nitrogen and oxygen atoms in total. The number of hydrogen-bond acceptors (Lipinski definition) is 4. The molecule has 26 heavy (non-hydrogen) atoms. The van der Waals surface area contributed by atoms with E-state index in [-0.39, 0.29) is 36.1 Å². The van der Waals surface area contributed by atoms with Gasteiger partial charge in [-0.25, -0.2) is 4.79 Å². The van der Waals surface area contributed by atoms with Crippen LogP contribution in [0.15, 0.2) is 12.7 Å². The van der Waals surface area contributed by atoms with Crippen molar-refractivity contribution in [2.24, 2.45) is 11.8 Å². The third kappa shape index (κ3) is 6.95. The molecule has 1 fully saturated rings. The molecule has 0 aromatic carbocycles. The Balaban J connectivity index is 2.51. The fourth-order valence-corrected chi connectivity index (χ4v) is 5.16. The molecular formula is C17H28Cl3NO4Si. The van der Waals surface area contributed by atoms with E-state index >= 15 is 0 Å². The number of ether oxygens (including phenoxy) is 2. The van der Waals surface area contributed by atoms with Gasteiger partial charge in [-0.3, -0.25) is 4.79 Å². The maximum atomic E-state index is 12.6. The molecule has 2 atom stereocenters. The van der Waals surface area contributed by atoms with E-state index in [4.69, 9.17) is 44.3 Å². The maximum Gasteiger partial charge on any atom is 0.508 e. The van der Waals surface area contributed by atoms with Crippen LogP contribution in [-0.4, -0.2) is 49.4 Å². The van der Waals surface area contributed by atoms with Gasteiger partial charge in [-0.1, -0.05) is 68.6 Å². The molecule has 1 aliphatic heterocycles. The second-order valence-electron chi connectivity index (χ2n) is 7.60. The van der Waals surface area contributed by atoms with Crippen molar-refractivity contribution in [1.29, 1.82) is 0 Å². The molecular weight excluding hydrogens is 417 g/mol. The Morgan fingerprint density at radius 2 is 1.96 bits per heavy atom. The summed E-state index contributed by atoms with van der Waals surface area (Å²) < 4.78 is 10.0. The van der Waals surface area contributed by atoms with Crippen molar-refractivity contribution >= 4 is 56.5 Å². The smallest absolute Gasteiger partial charge is 0.434 e. The zero-order valence-corrected chi connectivity index (χ0v) is 19.4. The van der Waals surface area contributed by atoms with Crippen molar-refractivity contribution in [2.75, 3.05) is 13.2 Å². The van der Waals surface area contributed by atoms with Crippen LogP contribution in [0.3, 0.4) is 0 Å². The molecule has 0 aromatic heterocycles. The van der Waals surface area contributed by atoms with Crippen molar-refractivity contribution in [1.82, 2.24) is 4.57 Å². The lowest BCUT2D eigenvalue weighted by Crippen LogP contribution is -2.64. The highest BCUT2D eigenvalue weighted by Crippen LogP contribution is 2.39. The minimum Gasteiger partial charge on any atom is -0.434 e. The lowest BCUT2D eigenvalue weighted by atomic mass is 9.85. The van der Waals surface area contributed by atoms with Crippen molar-refractivity contribution in [3.05, 3.63) is 12.7 Å². The fraction of sp³-hybridized carbons (Fsp3) is 0.765. The van der Waals surface area contributed by atoms with Crippen LogP contribution in [0.25, 0.3) is 0 Å². The summed E-state index contributed by atoms with van der Waals surface area (Å²) in [7, 11) is -0.747. The summed E-state index contributed by atoms with van der Waals surface area (Å²) in [5.74, 6) is 0.515. The molecule has 0 saturated carbocycles. The molecule has 1 amide bonds. The normalized spacial score (nSPS) is 21.2. The first-order valence-corrected chi connectivity index (χ1v) is 11.1. The highest BCUT2D eigenvalue weighted by molar-refractivity contribution is 6.67. The molecule has 0 radical (unpaired) electrons. The molecule has 0 N–H and O–H groups in total. The van der Waals surface area contributed by atoms with E-state index in [1.54, 1.807) is 0 Å². The van der Waals surface area contributed by atoms with Gasteiger partial charge in [0.1, 0.15) is 16.3 Å². The Morgan fingerprint density at radius 3 is 2.46 bits per heavy atom. The molecule has 0 aliphatic carbocycles. The summed E-state index contributed by atoms with van der Waals surface area (Å²) in [4.78, 5) is 24.1. The third-order valence-corrected chi connectivity index (χ3v) is 8.10. The van der Waals surface area contributed by atoms with Gasteiger partial charge in [-0.15, -0.1) is 6.58 Å². The standard InChI is InChI=1S/C17H28Cl3NO4Si/c1-6-7-13-12(8-9-24-15(23)25-10-17(18,19)20)14(22)21(13)26-16(4,5)11(2)3/h6,11-13H,1,7-10,26H2,2-5H3. The zero-order valence-electron chi connectivity index (χ0n) is 15.8. The SMILES string of the molecule is C=CCC1C(CCOC(=O)OCC(Cl)(Cl)Cl)C(=O)N1[SiH2]C(C)(C)C(C)C. The van der Waals surface area contributed by atoms with E-state index in [9.17, 15) is 9.59 Å². The summed E-state index contributed by atoms with van der Waals surface area (Å²) in [6.45, 7) is 12.3. The predicted octanol–water partition coefficient (Wildman–Crippen LogP) is 4.24. The molecule has 1 heterocycles. The number of halogens is 3. The van der Waals surface area contributed by atoms with Crippen LogP contribution < -0.4 is 0 Å². The van der Waals surface area contributed by atoms with Gasteiger partial charge in [-0.2, -0.15) is 0 Å². The molecule has 1 saturated heterocycles. The number of carbonyl (C=O) groups excluding carboxylic acids is 2. The van der Waals surface area contributed by atoms with Crippen molar-refractivity contribution in [3.8, 4) is 0 Å². The van der Waals surface area contributed by atoms with E-state index in [0.717, 1.165) is 6.42 Å². The van der Waals surface area contributed by atoms with Crippen LogP contribution >= 0.6 is 34.8 Å². The largest absolute Gasteiger partial charge is 0.508 e. The Kier molecular flexibility index (Phi) is 8.78. The minimum absolute atomic E-state index is 0.0890. The van der Waals surface area contributed by atoms with Crippen molar-refractivity contribution in [3.63, 3.8) is 0 Å². The quantitative estimate of drug-likeness (QED) is 0.175. The number of hydrogen-bond donors (Lipinski definition) is 0. The van der Waals surface area contributed by atoms with Gasteiger partial charge in [0.2, 0.25) is 9.70 Å².